The Bertz CT molecular complexity index is 715. The van der Waals surface area contributed by atoms with E-state index >= 15 is 0 Å². The second kappa shape index (κ2) is 7.54. The summed E-state index contributed by atoms with van der Waals surface area (Å²) in [5.74, 6) is 0.726. The molecule has 5 heteroatoms. The van der Waals surface area contributed by atoms with Crippen molar-refractivity contribution in [2.24, 2.45) is 0 Å². The SMILES string of the molecule is C=C/C=C(\C=C)NC(=O)c1cc(Oc2cccnc2)ccn1.[HH]. The fraction of sp³-hybridized carbons (Fsp3) is 0. The number of ether oxygens (including phenoxy) is 1. The molecule has 2 aromatic rings. The summed E-state index contributed by atoms with van der Waals surface area (Å²) in [5.41, 5.74) is 0.776. The summed E-state index contributed by atoms with van der Waals surface area (Å²) in [4.78, 5) is 20.1. The van der Waals surface area contributed by atoms with Gasteiger partial charge in [0.1, 0.15) is 17.2 Å². The number of rotatable bonds is 6. The number of carbonyl (C=O) groups is 1. The van der Waals surface area contributed by atoms with Crippen molar-refractivity contribution < 1.29 is 11.0 Å². The van der Waals surface area contributed by atoms with Crippen molar-refractivity contribution >= 4 is 5.91 Å². The van der Waals surface area contributed by atoms with Crippen LogP contribution in [0.1, 0.15) is 11.9 Å². The number of aromatic nitrogens is 2. The van der Waals surface area contributed by atoms with Gasteiger partial charge in [-0.05, 0) is 30.4 Å². The first-order chi connectivity index (χ1) is 10.7. The van der Waals surface area contributed by atoms with Crippen LogP contribution in [-0.2, 0) is 0 Å². The molecule has 1 amide bonds. The van der Waals surface area contributed by atoms with Gasteiger partial charge in [0, 0.05) is 25.6 Å². The molecule has 1 N–H and O–H groups in total. The lowest BCUT2D eigenvalue weighted by molar-refractivity contribution is 0.0962. The van der Waals surface area contributed by atoms with Gasteiger partial charge in [0.25, 0.3) is 5.91 Å². The van der Waals surface area contributed by atoms with Crippen LogP contribution in [0.2, 0.25) is 0 Å². The lowest BCUT2D eigenvalue weighted by Gasteiger charge is -2.07. The minimum Gasteiger partial charge on any atom is -0.456 e. The summed E-state index contributed by atoms with van der Waals surface area (Å²) in [6, 6.07) is 6.76. The smallest absolute Gasteiger partial charge is 0.274 e. The zero-order valence-electron chi connectivity index (χ0n) is 11.9. The standard InChI is InChI=1S/C17H15N3O2.H2/c1-3-6-13(4-2)20-17(21)16-11-14(8-10-19-16)22-15-7-5-9-18-12-15;/h3-12H,1-2H2,(H,20,21);1H/b13-6+;. The third-order valence-electron chi connectivity index (χ3n) is 2.61. The van der Waals surface area contributed by atoms with E-state index in [1.807, 2.05) is 0 Å². The van der Waals surface area contributed by atoms with Gasteiger partial charge in [0.15, 0.2) is 0 Å². The number of hydrogen-bond donors (Lipinski definition) is 1. The summed E-state index contributed by atoms with van der Waals surface area (Å²) in [7, 11) is 0. The van der Waals surface area contributed by atoms with Crippen molar-refractivity contribution in [2.75, 3.05) is 0 Å². The summed E-state index contributed by atoms with van der Waals surface area (Å²) in [5, 5.41) is 2.68. The topological polar surface area (TPSA) is 64.1 Å². The van der Waals surface area contributed by atoms with Crippen LogP contribution in [0, 0.1) is 0 Å². The second-order valence-electron chi connectivity index (χ2n) is 4.18. The lowest BCUT2D eigenvalue weighted by atomic mass is 10.3. The molecule has 0 saturated carbocycles. The molecule has 0 aliphatic heterocycles. The first kappa shape index (κ1) is 15.2. The Kier molecular flexibility index (Phi) is 5.20. The Hall–Kier alpha value is -3.21. The number of carbonyl (C=O) groups excluding carboxylic acids is 1. The van der Waals surface area contributed by atoms with E-state index < -0.39 is 0 Å². The highest BCUT2D eigenvalue weighted by Gasteiger charge is 2.09. The van der Waals surface area contributed by atoms with Gasteiger partial charge in [-0.15, -0.1) is 0 Å². The van der Waals surface area contributed by atoms with Gasteiger partial charge in [0.2, 0.25) is 0 Å². The van der Waals surface area contributed by atoms with Crippen molar-refractivity contribution in [3.05, 3.63) is 85.6 Å². The average molecular weight is 295 g/mol. The predicted molar refractivity (Wildman–Crippen MR) is 86.6 cm³/mol. The van der Waals surface area contributed by atoms with Crippen LogP contribution >= 0.6 is 0 Å². The van der Waals surface area contributed by atoms with Crippen molar-refractivity contribution in [3.63, 3.8) is 0 Å². The zero-order valence-corrected chi connectivity index (χ0v) is 11.9. The highest BCUT2D eigenvalue weighted by molar-refractivity contribution is 5.94. The van der Waals surface area contributed by atoms with E-state index in [2.05, 4.69) is 28.4 Å². The van der Waals surface area contributed by atoms with Gasteiger partial charge in [-0.1, -0.05) is 19.2 Å². The average Bonchev–Trinajstić information content (AvgIpc) is 2.55. The third-order valence-corrected chi connectivity index (χ3v) is 2.61. The minimum atomic E-state index is -0.357. The van der Waals surface area contributed by atoms with Crippen molar-refractivity contribution in [1.82, 2.24) is 15.3 Å². The molecule has 112 valence electrons. The molecule has 2 rings (SSSR count). The van der Waals surface area contributed by atoms with Crippen molar-refractivity contribution in [1.29, 1.82) is 0 Å². The molecule has 0 radical (unpaired) electrons. The van der Waals surface area contributed by atoms with E-state index in [1.54, 1.807) is 48.8 Å². The molecule has 0 aliphatic carbocycles. The summed E-state index contributed by atoms with van der Waals surface area (Å²) in [6.45, 7) is 7.19. The highest BCUT2D eigenvalue weighted by atomic mass is 16.5. The Morgan fingerprint density at radius 1 is 1.27 bits per heavy atom. The summed E-state index contributed by atoms with van der Waals surface area (Å²) in [6.07, 6.45) is 9.47. The molecule has 0 bridgehead atoms. The largest absolute Gasteiger partial charge is 0.456 e. The third kappa shape index (κ3) is 4.14. The maximum atomic E-state index is 12.1. The molecule has 5 nitrogen and oxygen atoms in total. The number of amides is 1. The monoisotopic (exact) mass is 295 g/mol. The molecule has 2 aromatic heterocycles. The van der Waals surface area contributed by atoms with Crippen LogP contribution in [0.4, 0.5) is 0 Å². The van der Waals surface area contributed by atoms with E-state index in [0.29, 0.717) is 17.2 Å². The van der Waals surface area contributed by atoms with E-state index in [-0.39, 0.29) is 13.0 Å². The van der Waals surface area contributed by atoms with Crippen LogP contribution in [0.5, 0.6) is 11.5 Å². The van der Waals surface area contributed by atoms with E-state index in [9.17, 15) is 4.79 Å². The quantitative estimate of drug-likeness (QED) is 0.828. The van der Waals surface area contributed by atoms with Gasteiger partial charge in [-0.2, -0.15) is 0 Å². The van der Waals surface area contributed by atoms with Crippen LogP contribution in [-0.4, -0.2) is 15.9 Å². The molecule has 0 aromatic carbocycles. The van der Waals surface area contributed by atoms with Gasteiger partial charge in [0.05, 0.1) is 6.20 Å². The summed E-state index contributed by atoms with van der Waals surface area (Å²) < 4.78 is 5.61. The van der Waals surface area contributed by atoms with Gasteiger partial charge in [-0.25, -0.2) is 0 Å². The van der Waals surface area contributed by atoms with E-state index in [1.165, 1.54) is 12.3 Å². The van der Waals surface area contributed by atoms with Crippen LogP contribution < -0.4 is 10.1 Å². The van der Waals surface area contributed by atoms with E-state index in [0.717, 1.165) is 0 Å². The molecule has 0 saturated heterocycles. The number of hydrogen-bond acceptors (Lipinski definition) is 4. The number of allylic oxidation sites excluding steroid dienone is 3. The number of nitrogens with one attached hydrogen (secondary N) is 1. The Balaban J connectivity index is 0.00000264. The Labute approximate surface area is 130 Å². The molecule has 0 fully saturated rings. The van der Waals surface area contributed by atoms with Gasteiger partial charge >= 0.3 is 0 Å². The molecule has 0 atom stereocenters. The fourth-order valence-corrected chi connectivity index (χ4v) is 1.63. The molecular formula is C17H17N3O2. The van der Waals surface area contributed by atoms with Crippen LogP contribution in [0.15, 0.2) is 79.9 Å². The maximum Gasteiger partial charge on any atom is 0.274 e. The predicted octanol–water partition coefficient (Wildman–Crippen LogP) is 3.50. The number of pyridine rings is 2. The van der Waals surface area contributed by atoms with Crippen molar-refractivity contribution in [3.8, 4) is 11.5 Å². The molecule has 22 heavy (non-hydrogen) atoms. The molecule has 2 heterocycles. The van der Waals surface area contributed by atoms with Gasteiger partial charge in [-0.3, -0.25) is 14.8 Å². The molecule has 0 spiro atoms. The van der Waals surface area contributed by atoms with E-state index in [4.69, 9.17) is 4.74 Å². The Morgan fingerprint density at radius 2 is 2.14 bits per heavy atom. The molecule has 0 unspecified atom stereocenters. The van der Waals surface area contributed by atoms with Crippen LogP contribution in [0.3, 0.4) is 0 Å². The Morgan fingerprint density at radius 3 is 2.82 bits per heavy atom. The molecular weight excluding hydrogens is 278 g/mol. The van der Waals surface area contributed by atoms with Gasteiger partial charge < -0.3 is 10.1 Å². The second-order valence-corrected chi connectivity index (χ2v) is 4.18. The fourth-order valence-electron chi connectivity index (χ4n) is 1.63. The minimum absolute atomic E-state index is 0. The van der Waals surface area contributed by atoms with Crippen LogP contribution in [0.25, 0.3) is 0 Å². The zero-order chi connectivity index (χ0) is 15.8. The lowest BCUT2D eigenvalue weighted by Crippen LogP contribution is -2.22. The van der Waals surface area contributed by atoms with Crippen molar-refractivity contribution in [2.45, 2.75) is 0 Å². The highest BCUT2D eigenvalue weighted by Crippen LogP contribution is 2.20. The first-order valence-electron chi connectivity index (χ1n) is 6.53. The number of nitrogens with zero attached hydrogens (tertiary/aromatic N) is 2. The molecule has 0 aliphatic rings. The maximum absolute atomic E-state index is 12.1. The summed E-state index contributed by atoms with van der Waals surface area (Å²) >= 11 is 0. The first-order valence-corrected chi connectivity index (χ1v) is 6.53. The normalized spacial score (nSPS) is 10.6.